The molecule has 0 radical (unpaired) electrons. The Kier molecular flexibility index (Phi) is 4.28. The van der Waals surface area contributed by atoms with Gasteiger partial charge in [0, 0.05) is 5.54 Å². The molecule has 1 saturated heterocycles. The molecule has 0 unspecified atom stereocenters. The van der Waals surface area contributed by atoms with Crippen molar-refractivity contribution in [3.05, 3.63) is 0 Å². The Hall–Kier alpha value is -0.0400. The van der Waals surface area contributed by atoms with E-state index in [0.717, 1.165) is 5.92 Å². The number of piperidine rings is 1. The third-order valence-corrected chi connectivity index (χ3v) is 6.07. The summed E-state index contributed by atoms with van der Waals surface area (Å²) >= 11 is 0. The zero-order valence-corrected chi connectivity index (χ0v) is 12.1. The van der Waals surface area contributed by atoms with Crippen molar-refractivity contribution in [1.82, 2.24) is 4.90 Å². The van der Waals surface area contributed by atoms with Crippen LogP contribution in [0, 0.1) is 5.92 Å². The van der Waals surface area contributed by atoms with Gasteiger partial charge in [-0.3, -0.25) is 4.90 Å². The lowest BCUT2D eigenvalue weighted by molar-refractivity contribution is -0.0264. The topological polar surface area (TPSA) is 3.24 Å². The Bertz CT molecular complexity index is 222. The minimum Gasteiger partial charge on any atom is -0.297 e. The van der Waals surface area contributed by atoms with Gasteiger partial charge >= 0.3 is 0 Å². The zero-order valence-electron chi connectivity index (χ0n) is 12.1. The summed E-state index contributed by atoms with van der Waals surface area (Å²) in [4.78, 5) is 2.96. The number of hydrogen-bond donors (Lipinski definition) is 0. The summed E-state index contributed by atoms with van der Waals surface area (Å²) in [6, 6.07) is 0. The van der Waals surface area contributed by atoms with E-state index in [1.54, 1.807) is 0 Å². The lowest BCUT2D eigenvalue weighted by Gasteiger charge is -2.54. The first-order chi connectivity index (χ1) is 8.92. The first-order valence-corrected chi connectivity index (χ1v) is 8.67. The highest BCUT2D eigenvalue weighted by atomic mass is 15.2. The minimum atomic E-state index is 0.652. The minimum absolute atomic E-state index is 0.652. The second kappa shape index (κ2) is 5.94. The third kappa shape index (κ3) is 2.48. The zero-order chi connectivity index (χ0) is 12.3. The number of rotatable bonds is 2. The van der Waals surface area contributed by atoms with Crippen molar-refractivity contribution in [2.75, 3.05) is 13.1 Å². The molecule has 0 spiro atoms. The van der Waals surface area contributed by atoms with E-state index in [-0.39, 0.29) is 0 Å². The van der Waals surface area contributed by atoms with Crippen molar-refractivity contribution in [3.63, 3.8) is 0 Å². The highest BCUT2D eigenvalue weighted by Crippen LogP contribution is 2.46. The van der Waals surface area contributed by atoms with E-state index in [2.05, 4.69) is 4.90 Å². The van der Waals surface area contributed by atoms with Gasteiger partial charge in [0.05, 0.1) is 0 Å². The second-order valence-corrected chi connectivity index (χ2v) is 7.05. The maximum Gasteiger partial charge on any atom is 0.0237 e. The molecule has 0 aromatic carbocycles. The molecule has 0 bridgehead atoms. The monoisotopic (exact) mass is 249 g/mol. The van der Waals surface area contributed by atoms with Crippen molar-refractivity contribution in [2.45, 2.75) is 89.0 Å². The predicted octanol–water partition coefficient (Wildman–Crippen LogP) is 4.76. The van der Waals surface area contributed by atoms with E-state index >= 15 is 0 Å². The van der Waals surface area contributed by atoms with Crippen molar-refractivity contribution in [2.24, 2.45) is 5.92 Å². The summed E-state index contributed by atoms with van der Waals surface area (Å²) in [5, 5.41) is 0. The lowest BCUT2D eigenvalue weighted by Crippen LogP contribution is -2.57. The van der Waals surface area contributed by atoms with Gasteiger partial charge in [0.2, 0.25) is 0 Å². The molecule has 3 aliphatic rings. The molecular formula is C17H31N. The highest BCUT2D eigenvalue weighted by molar-refractivity contribution is 4.99. The SMILES string of the molecule is C1CCC(C2(N3CCCCC3)CCCCC2)CC1. The van der Waals surface area contributed by atoms with Gasteiger partial charge < -0.3 is 0 Å². The number of nitrogens with zero attached hydrogens (tertiary/aromatic N) is 1. The third-order valence-electron chi connectivity index (χ3n) is 6.07. The molecule has 1 heterocycles. The second-order valence-electron chi connectivity index (χ2n) is 7.05. The van der Waals surface area contributed by atoms with Crippen molar-refractivity contribution < 1.29 is 0 Å². The Morgan fingerprint density at radius 1 is 0.611 bits per heavy atom. The fourth-order valence-corrected chi connectivity index (χ4v) is 5.13. The van der Waals surface area contributed by atoms with E-state index in [0.29, 0.717) is 5.54 Å². The van der Waals surface area contributed by atoms with Gasteiger partial charge in [0.25, 0.3) is 0 Å². The number of likely N-dealkylation sites (tertiary alicyclic amines) is 1. The molecule has 0 aromatic heterocycles. The molecule has 1 aliphatic heterocycles. The van der Waals surface area contributed by atoms with Gasteiger partial charge in [-0.25, -0.2) is 0 Å². The van der Waals surface area contributed by atoms with Crippen LogP contribution in [0.4, 0.5) is 0 Å². The van der Waals surface area contributed by atoms with Crippen LogP contribution in [0.1, 0.15) is 83.5 Å². The van der Waals surface area contributed by atoms with E-state index in [9.17, 15) is 0 Å². The summed E-state index contributed by atoms with van der Waals surface area (Å²) < 4.78 is 0. The Morgan fingerprint density at radius 3 is 1.83 bits per heavy atom. The van der Waals surface area contributed by atoms with Crippen LogP contribution in [0.15, 0.2) is 0 Å². The van der Waals surface area contributed by atoms with Gasteiger partial charge in [-0.1, -0.05) is 44.9 Å². The Balaban J connectivity index is 1.77. The van der Waals surface area contributed by atoms with Gasteiger partial charge in [0.1, 0.15) is 0 Å². The van der Waals surface area contributed by atoms with E-state index in [1.807, 2.05) is 0 Å². The maximum atomic E-state index is 2.96. The van der Waals surface area contributed by atoms with Crippen LogP contribution in [0.3, 0.4) is 0 Å². The van der Waals surface area contributed by atoms with Crippen LogP contribution in [0.5, 0.6) is 0 Å². The van der Waals surface area contributed by atoms with Crippen molar-refractivity contribution in [3.8, 4) is 0 Å². The van der Waals surface area contributed by atoms with Crippen molar-refractivity contribution in [1.29, 1.82) is 0 Å². The standard InChI is InChI=1S/C17H31N/c1-4-10-16(11-5-1)17(12-6-2-7-13-17)18-14-8-3-9-15-18/h16H,1-15H2. The van der Waals surface area contributed by atoms with Crippen LogP contribution >= 0.6 is 0 Å². The van der Waals surface area contributed by atoms with Crippen molar-refractivity contribution >= 4 is 0 Å². The normalized spacial score (nSPS) is 31.3. The first-order valence-electron chi connectivity index (χ1n) is 8.67. The van der Waals surface area contributed by atoms with E-state index < -0.39 is 0 Å². The molecule has 18 heavy (non-hydrogen) atoms. The predicted molar refractivity (Wildman–Crippen MR) is 77.8 cm³/mol. The number of hydrogen-bond acceptors (Lipinski definition) is 1. The van der Waals surface area contributed by atoms with Crippen LogP contribution < -0.4 is 0 Å². The van der Waals surface area contributed by atoms with E-state index in [1.165, 1.54) is 96.6 Å². The molecule has 0 amide bonds. The van der Waals surface area contributed by atoms with Gasteiger partial charge in [-0.2, -0.15) is 0 Å². The molecule has 0 atom stereocenters. The molecule has 2 saturated carbocycles. The molecule has 0 N–H and O–H groups in total. The molecule has 3 rings (SSSR count). The fraction of sp³-hybridized carbons (Fsp3) is 1.00. The molecule has 1 nitrogen and oxygen atoms in total. The summed E-state index contributed by atoms with van der Waals surface area (Å²) in [6.07, 6.45) is 19.6. The van der Waals surface area contributed by atoms with Crippen LogP contribution in [-0.2, 0) is 0 Å². The summed E-state index contributed by atoms with van der Waals surface area (Å²) in [5.41, 5.74) is 0.652. The van der Waals surface area contributed by atoms with E-state index in [4.69, 9.17) is 0 Å². The smallest absolute Gasteiger partial charge is 0.0237 e. The fourth-order valence-electron chi connectivity index (χ4n) is 5.13. The average Bonchev–Trinajstić information content (AvgIpc) is 2.50. The molecule has 0 aromatic rings. The molecule has 1 heteroatoms. The molecule has 3 fully saturated rings. The van der Waals surface area contributed by atoms with Gasteiger partial charge in [-0.05, 0) is 57.5 Å². The summed E-state index contributed by atoms with van der Waals surface area (Å²) in [6.45, 7) is 2.83. The molecule has 104 valence electrons. The molecular weight excluding hydrogens is 218 g/mol. The maximum absolute atomic E-state index is 2.96. The summed E-state index contributed by atoms with van der Waals surface area (Å²) in [7, 11) is 0. The Morgan fingerprint density at radius 2 is 1.17 bits per heavy atom. The lowest BCUT2D eigenvalue weighted by atomic mass is 9.66. The van der Waals surface area contributed by atoms with Gasteiger partial charge in [0.15, 0.2) is 0 Å². The van der Waals surface area contributed by atoms with Crippen LogP contribution in [0.2, 0.25) is 0 Å². The summed E-state index contributed by atoms with van der Waals surface area (Å²) in [5.74, 6) is 1.05. The Labute approximate surface area is 113 Å². The first kappa shape index (κ1) is 13.0. The largest absolute Gasteiger partial charge is 0.297 e. The molecule has 2 aliphatic carbocycles. The quantitative estimate of drug-likeness (QED) is 0.682. The van der Waals surface area contributed by atoms with Gasteiger partial charge in [-0.15, -0.1) is 0 Å². The van der Waals surface area contributed by atoms with Crippen LogP contribution in [0.25, 0.3) is 0 Å². The average molecular weight is 249 g/mol. The van der Waals surface area contributed by atoms with Crippen LogP contribution in [-0.4, -0.2) is 23.5 Å². The highest BCUT2D eigenvalue weighted by Gasteiger charge is 2.44.